The van der Waals surface area contributed by atoms with Gasteiger partial charge in [0.2, 0.25) is 0 Å². The normalized spacial score (nSPS) is 11.3. The van der Waals surface area contributed by atoms with Crippen LogP contribution in [0.4, 0.5) is 0 Å². The zero-order chi connectivity index (χ0) is 14.5. The molecule has 2 aromatic carbocycles. The Bertz CT molecular complexity index is 528. The van der Waals surface area contributed by atoms with Crippen LogP contribution in [0.1, 0.15) is 0 Å². The van der Waals surface area contributed by atoms with Gasteiger partial charge in [-0.15, -0.1) is 23.5 Å². The van der Waals surface area contributed by atoms with E-state index in [4.69, 9.17) is 0 Å². The van der Waals surface area contributed by atoms with E-state index in [0.717, 1.165) is 0 Å². The van der Waals surface area contributed by atoms with E-state index in [9.17, 15) is 0 Å². The maximum absolute atomic E-state index is 3.65. The predicted octanol–water partition coefficient (Wildman–Crippen LogP) is 6.72. The zero-order valence-electron chi connectivity index (χ0n) is 11.3. The summed E-state index contributed by atoms with van der Waals surface area (Å²) >= 11 is 11.2. The van der Waals surface area contributed by atoms with E-state index >= 15 is 0 Å². The molecule has 0 heterocycles. The fourth-order valence-corrected chi connectivity index (χ4v) is 7.30. The Kier molecular flexibility index (Phi) is 6.74. The van der Waals surface area contributed by atoms with Crippen molar-refractivity contribution in [3.63, 3.8) is 0 Å². The molecule has 20 heavy (non-hydrogen) atoms. The fourth-order valence-electron chi connectivity index (χ4n) is 1.57. The van der Waals surface area contributed by atoms with Crippen molar-refractivity contribution in [2.75, 3.05) is 0 Å². The topological polar surface area (TPSA) is 0 Å². The second-order valence-electron chi connectivity index (χ2n) is 4.51. The van der Waals surface area contributed by atoms with E-state index in [1.165, 1.54) is 18.7 Å². The van der Waals surface area contributed by atoms with Gasteiger partial charge in [-0.1, -0.05) is 37.4 Å². The molecule has 1 radical (unpaired) electrons. The van der Waals surface area contributed by atoms with Gasteiger partial charge in [0.25, 0.3) is 0 Å². The molecule has 0 saturated carbocycles. The highest BCUT2D eigenvalue weighted by Crippen LogP contribution is 2.41. The Balaban J connectivity index is 2.16. The zero-order valence-corrected chi connectivity index (χ0v) is 17.1. The predicted molar refractivity (Wildman–Crippen MR) is 101 cm³/mol. The lowest BCUT2D eigenvalue weighted by molar-refractivity contribution is 1.39. The van der Waals surface area contributed by atoms with Crippen LogP contribution in [0.25, 0.3) is 0 Å². The van der Waals surface area contributed by atoms with Crippen LogP contribution in [0, 0.1) is 0 Å². The molecule has 0 aliphatic carbocycles. The van der Waals surface area contributed by atoms with Crippen LogP contribution in [0.2, 0.25) is 13.1 Å². The van der Waals surface area contributed by atoms with Crippen molar-refractivity contribution < 1.29 is 0 Å². The molecule has 0 fully saturated rings. The molecule has 5 heteroatoms. The summed E-state index contributed by atoms with van der Waals surface area (Å²) in [6.07, 6.45) is 0. The van der Waals surface area contributed by atoms with Crippen molar-refractivity contribution in [2.24, 2.45) is 0 Å². The van der Waals surface area contributed by atoms with Gasteiger partial charge in [-0.05, 0) is 56.1 Å². The summed E-state index contributed by atoms with van der Waals surface area (Å²) in [6.45, 7) is 4.76. The summed E-state index contributed by atoms with van der Waals surface area (Å²) in [6, 6.07) is 16.9. The lowest BCUT2D eigenvalue weighted by Gasteiger charge is -2.20. The van der Waals surface area contributed by atoms with Crippen LogP contribution in [0.3, 0.4) is 0 Å². The minimum atomic E-state index is -0.417. The van der Waals surface area contributed by atoms with Gasteiger partial charge in [0.05, 0.1) is 8.80 Å². The third-order valence-electron chi connectivity index (χ3n) is 2.61. The summed E-state index contributed by atoms with van der Waals surface area (Å²) in [4.78, 5) is 2.64. The molecule has 0 aliphatic heterocycles. The Morgan fingerprint density at radius 2 is 1.20 bits per heavy atom. The van der Waals surface area contributed by atoms with Crippen molar-refractivity contribution in [2.45, 2.75) is 27.1 Å². The van der Waals surface area contributed by atoms with E-state index in [1.54, 1.807) is 0 Å². The maximum atomic E-state index is 3.65. The summed E-state index contributed by atoms with van der Waals surface area (Å²) in [5.74, 6) is 0. The van der Waals surface area contributed by atoms with Gasteiger partial charge in [-0.3, -0.25) is 0 Å². The first kappa shape index (κ1) is 16.7. The van der Waals surface area contributed by atoms with Crippen molar-refractivity contribution in [3.05, 3.63) is 57.5 Å². The van der Waals surface area contributed by atoms with Gasteiger partial charge in [-0.25, -0.2) is 0 Å². The molecule has 0 atom stereocenters. The minimum Gasteiger partial charge on any atom is -0.114 e. The largest absolute Gasteiger partial charge is 0.114 e. The quantitative estimate of drug-likeness (QED) is 0.284. The molecule has 0 spiro atoms. The molecular weight excluding hydrogens is 432 g/mol. The van der Waals surface area contributed by atoms with E-state index in [2.05, 4.69) is 93.5 Å². The van der Waals surface area contributed by atoms with Crippen molar-refractivity contribution >= 4 is 64.2 Å². The molecule has 0 saturated heterocycles. The van der Waals surface area contributed by atoms with Gasteiger partial charge in [-0.2, -0.15) is 0 Å². The SMILES string of the molecule is C[Si](C)C(Sc1ccccc1Br)Sc1ccccc1Br. The molecule has 2 aromatic rings. The van der Waals surface area contributed by atoms with Gasteiger partial charge < -0.3 is 0 Å². The van der Waals surface area contributed by atoms with E-state index in [-0.39, 0.29) is 0 Å². The number of halogens is 2. The van der Waals surface area contributed by atoms with Crippen LogP contribution in [-0.2, 0) is 0 Å². The van der Waals surface area contributed by atoms with Crippen LogP contribution in [-0.4, -0.2) is 13.0 Å². The van der Waals surface area contributed by atoms with Crippen molar-refractivity contribution in [1.29, 1.82) is 0 Å². The average Bonchev–Trinajstić information content (AvgIpc) is 2.42. The highest BCUT2D eigenvalue weighted by molar-refractivity contribution is 9.10. The molecule has 0 aromatic heterocycles. The van der Waals surface area contributed by atoms with Crippen LogP contribution in [0.5, 0.6) is 0 Å². The number of thioether (sulfide) groups is 2. The molecule has 105 valence electrons. The summed E-state index contributed by atoms with van der Waals surface area (Å²) < 4.78 is 2.95. The standard InChI is InChI=1S/C15H15Br2S2Si/c1-20(2)15(18-13-9-5-3-7-11(13)16)19-14-10-6-4-8-12(14)17/h3-10,15H,1-2H3. The molecule has 2 rings (SSSR count). The Hall–Kier alpha value is 0.317. The van der Waals surface area contributed by atoms with Gasteiger partial charge in [0, 0.05) is 22.9 Å². The van der Waals surface area contributed by atoms with Gasteiger partial charge >= 0.3 is 0 Å². The van der Waals surface area contributed by atoms with Gasteiger partial charge in [0.1, 0.15) is 0 Å². The number of hydrogen-bond donors (Lipinski definition) is 0. The summed E-state index contributed by atoms with van der Waals surface area (Å²) in [5.41, 5.74) is 0. The van der Waals surface area contributed by atoms with E-state index in [0.29, 0.717) is 4.21 Å². The van der Waals surface area contributed by atoms with Crippen LogP contribution in [0.15, 0.2) is 67.3 Å². The summed E-state index contributed by atoms with van der Waals surface area (Å²) in [5, 5.41) is 0. The number of rotatable bonds is 5. The second-order valence-corrected chi connectivity index (χ2v) is 12.4. The second kappa shape index (κ2) is 8.08. The monoisotopic (exact) mass is 445 g/mol. The molecular formula is C15H15Br2S2Si. The first-order valence-corrected chi connectivity index (χ1v) is 12.1. The smallest absolute Gasteiger partial charge is 0.0714 e. The lowest BCUT2D eigenvalue weighted by atomic mass is 10.4. The Morgan fingerprint density at radius 1 is 0.800 bits per heavy atom. The molecule has 0 amide bonds. The highest BCUT2D eigenvalue weighted by atomic mass is 79.9. The highest BCUT2D eigenvalue weighted by Gasteiger charge is 2.19. The molecule has 0 N–H and O–H groups in total. The third-order valence-corrected chi connectivity index (χ3v) is 11.2. The Labute approximate surface area is 148 Å². The first-order chi connectivity index (χ1) is 9.58. The van der Waals surface area contributed by atoms with Gasteiger partial charge in [0.15, 0.2) is 0 Å². The van der Waals surface area contributed by atoms with Crippen LogP contribution >= 0.6 is 55.4 Å². The summed E-state index contributed by atoms with van der Waals surface area (Å²) in [7, 11) is -0.417. The number of benzene rings is 2. The number of hydrogen-bond acceptors (Lipinski definition) is 2. The molecule has 0 unspecified atom stereocenters. The maximum Gasteiger partial charge on any atom is 0.0714 e. The molecule has 0 nitrogen and oxygen atoms in total. The van der Waals surface area contributed by atoms with Crippen LogP contribution < -0.4 is 0 Å². The van der Waals surface area contributed by atoms with Crippen molar-refractivity contribution in [3.8, 4) is 0 Å². The lowest BCUT2D eigenvalue weighted by Crippen LogP contribution is -2.17. The first-order valence-electron chi connectivity index (χ1n) is 6.20. The van der Waals surface area contributed by atoms with Crippen molar-refractivity contribution in [1.82, 2.24) is 0 Å². The fraction of sp³-hybridized carbons (Fsp3) is 0.200. The van der Waals surface area contributed by atoms with E-state index < -0.39 is 8.80 Å². The average molecular weight is 447 g/mol. The Morgan fingerprint density at radius 3 is 1.55 bits per heavy atom. The molecule has 0 aliphatic rings. The molecule has 0 bridgehead atoms. The third kappa shape index (κ3) is 4.66. The minimum absolute atomic E-state index is 0.417. The van der Waals surface area contributed by atoms with E-state index in [1.807, 2.05) is 23.5 Å².